The fraction of sp³-hybridized carbons (Fsp3) is 0.400. The second-order valence-electron chi connectivity index (χ2n) is 4.31. The van der Waals surface area contributed by atoms with E-state index in [0.29, 0.717) is 30.3 Å². The van der Waals surface area contributed by atoms with Crippen molar-refractivity contribution in [2.24, 2.45) is 0 Å². The van der Waals surface area contributed by atoms with Crippen molar-refractivity contribution in [3.05, 3.63) is 23.8 Å². The molecule has 100 valence electrons. The molecule has 0 fully saturated rings. The third-order valence-electron chi connectivity index (χ3n) is 2.89. The van der Waals surface area contributed by atoms with Crippen molar-refractivity contribution in [1.82, 2.24) is 5.32 Å². The van der Waals surface area contributed by atoms with E-state index in [0.717, 1.165) is 12.8 Å². The molecule has 1 unspecified atom stereocenters. The minimum absolute atomic E-state index is 0.223. The SMILES string of the molecule is C#CC(CCC)NC(=O)c1cccc2c1OCCO2. The number of hydrogen-bond acceptors (Lipinski definition) is 3. The highest BCUT2D eigenvalue weighted by atomic mass is 16.6. The summed E-state index contributed by atoms with van der Waals surface area (Å²) in [5.74, 6) is 3.46. The number of para-hydroxylation sites is 1. The molecule has 1 N–H and O–H groups in total. The zero-order valence-electron chi connectivity index (χ0n) is 10.9. The lowest BCUT2D eigenvalue weighted by atomic mass is 10.1. The molecule has 1 aliphatic rings. The number of fused-ring (bicyclic) bond motifs is 1. The number of rotatable bonds is 4. The van der Waals surface area contributed by atoms with E-state index in [4.69, 9.17) is 15.9 Å². The van der Waals surface area contributed by atoms with E-state index in [9.17, 15) is 4.79 Å². The molecule has 1 atom stereocenters. The van der Waals surface area contributed by atoms with Crippen LogP contribution in [0.25, 0.3) is 0 Å². The largest absolute Gasteiger partial charge is 0.486 e. The molecular weight excluding hydrogens is 242 g/mol. The second-order valence-corrected chi connectivity index (χ2v) is 4.31. The van der Waals surface area contributed by atoms with Gasteiger partial charge in [-0.1, -0.05) is 25.3 Å². The predicted octanol–water partition coefficient (Wildman–Crippen LogP) is 1.99. The topological polar surface area (TPSA) is 47.6 Å². The average Bonchev–Trinajstić information content (AvgIpc) is 2.46. The summed E-state index contributed by atoms with van der Waals surface area (Å²) >= 11 is 0. The van der Waals surface area contributed by atoms with Crippen LogP contribution in [0.3, 0.4) is 0 Å². The van der Waals surface area contributed by atoms with Gasteiger partial charge in [0.25, 0.3) is 5.91 Å². The highest BCUT2D eigenvalue weighted by molar-refractivity contribution is 5.98. The van der Waals surface area contributed by atoms with Crippen LogP contribution in [-0.2, 0) is 0 Å². The maximum atomic E-state index is 12.2. The van der Waals surface area contributed by atoms with Gasteiger partial charge in [-0.3, -0.25) is 4.79 Å². The lowest BCUT2D eigenvalue weighted by Gasteiger charge is -2.21. The molecule has 0 spiro atoms. The average molecular weight is 259 g/mol. The third-order valence-corrected chi connectivity index (χ3v) is 2.89. The molecule has 19 heavy (non-hydrogen) atoms. The minimum Gasteiger partial charge on any atom is -0.486 e. The number of hydrogen-bond donors (Lipinski definition) is 1. The van der Waals surface area contributed by atoms with E-state index in [-0.39, 0.29) is 11.9 Å². The predicted molar refractivity (Wildman–Crippen MR) is 72.4 cm³/mol. The fourth-order valence-corrected chi connectivity index (χ4v) is 1.97. The third kappa shape index (κ3) is 3.00. The fourth-order valence-electron chi connectivity index (χ4n) is 1.97. The molecule has 1 aromatic rings. The number of nitrogens with one attached hydrogen (secondary N) is 1. The maximum absolute atomic E-state index is 12.2. The first-order chi connectivity index (χ1) is 9.26. The number of benzene rings is 1. The summed E-state index contributed by atoms with van der Waals surface area (Å²) in [7, 11) is 0. The summed E-state index contributed by atoms with van der Waals surface area (Å²) in [6, 6.07) is 5.02. The van der Waals surface area contributed by atoms with Crippen LogP contribution in [0.4, 0.5) is 0 Å². The quantitative estimate of drug-likeness (QED) is 0.841. The number of amides is 1. The molecule has 0 radical (unpaired) electrons. The molecule has 1 amide bonds. The van der Waals surface area contributed by atoms with Crippen LogP contribution in [0.15, 0.2) is 18.2 Å². The van der Waals surface area contributed by atoms with Gasteiger partial charge in [0.2, 0.25) is 0 Å². The van der Waals surface area contributed by atoms with Gasteiger partial charge < -0.3 is 14.8 Å². The van der Waals surface area contributed by atoms with Crippen LogP contribution >= 0.6 is 0 Å². The first kappa shape index (κ1) is 13.3. The van der Waals surface area contributed by atoms with Gasteiger partial charge in [-0.2, -0.15) is 0 Å². The Hall–Kier alpha value is -2.15. The van der Waals surface area contributed by atoms with Crippen molar-refractivity contribution in [3.63, 3.8) is 0 Å². The van der Waals surface area contributed by atoms with Gasteiger partial charge in [0, 0.05) is 0 Å². The van der Waals surface area contributed by atoms with Crippen molar-refractivity contribution >= 4 is 5.91 Å². The van der Waals surface area contributed by atoms with Gasteiger partial charge in [-0.05, 0) is 18.6 Å². The molecule has 4 nitrogen and oxygen atoms in total. The molecule has 0 aromatic heterocycles. The van der Waals surface area contributed by atoms with Crippen molar-refractivity contribution < 1.29 is 14.3 Å². The van der Waals surface area contributed by atoms with E-state index >= 15 is 0 Å². The normalized spacial score (nSPS) is 14.3. The van der Waals surface area contributed by atoms with Crippen molar-refractivity contribution in [3.8, 4) is 23.8 Å². The molecule has 0 aliphatic carbocycles. The number of ether oxygens (including phenoxy) is 2. The summed E-state index contributed by atoms with van der Waals surface area (Å²) in [5.41, 5.74) is 0.466. The zero-order valence-corrected chi connectivity index (χ0v) is 10.9. The molecular formula is C15H17NO3. The van der Waals surface area contributed by atoms with E-state index in [1.54, 1.807) is 18.2 Å². The van der Waals surface area contributed by atoms with Crippen LogP contribution in [0.2, 0.25) is 0 Å². The minimum atomic E-state index is -0.252. The van der Waals surface area contributed by atoms with Crippen LogP contribution in [0, 0.1) is 12.3 Å². The van der Waals surface area contributed by atoms with Gasteiger partial charge in [0.15, 0.2) is 11.5 Å². The van der Waals surface area contributed by atoms with Crippen LogP contribution < -0.4 is 14.8 Å². The van der Waals surface area contributed by atoms with E-state index in [2.05, 4.69) is 11.2 Å². The van der Waals surface area contributed by atoms with Crippen molar-refractivity contribution in [2.45, 2.75) is 25.8 Å². The number of carbonyl (C=O) groups is 1. The monoisotopic (exact) mass is 259 g/mol. The highest BCUT2D eigenvalue weighted by Crippen LogP contribution is 2.33. The molecule has 1 aromatic carbocycles. The van der Waals surface area contributed by atoms with Crippen molar-refractivity contribution in [1.29, 1.82) is 0 Å². The molecule has 4 heteroatoms. The van der Waals surface area contributed by atoms with Crippen LogP contribution in [0.5, 0.6) is 11.5 Å². The Balaban J connectivity index is 2.18. The van der Waals surface area contributed by atoms with Gasteiger partial charge >= 0.3 is 0 Å². The summed E-state index contributed by atoms with van der Waals surface area (Å²) in [4.78, 5) is 12.2. The second kappa shape index (κ2) is 6.14. The molecule has 0 bridgehead atoms. The van der Waals surface area contributed by atoms with E-state index < -0.39 is 0 Å². The Morgan fingerprint density at radius 1 is 1.47 bits per heavy atom. The van der Waals surface area contributed by atoms with Gasteiger partial charge in [0.1, 0.15) is 13.2 Å². The van der Waals surface area contributed by atoms with E-state index in [1.165, 1.54) is 0 Å². The highest BCUT2D eigenvalue weighted by Gasteiger charge is 2.21. The Labute approximate surface area is 113 Å². The summed E-state index contributed by atoms with van der Waals surface area (Å²) < 4.78 is 11.0. The summed E-state index contributed by atoms with van der Waals surface area (Å²) in [6.45, 7) is 2.98. The molecule has 1 heterocycles. The number of terminal acetylenes is 1. The Kier molecular flexibility index (Phi) is 4.30. The standard InChI is InChI=1S/C15H17NO3/c1-3-6-11(4-2)16-15(17)12-7-5-8-13-14(12)19-10-9-18-13/h2,5,7-8,11H,3,6,9-10H2,1H3,(H,16,17). The Morgan fingerprint density at radius 3 is 3.00 bits per heavy atom. The van der Waals surface area contributed by atoms with Gasteiger partial charge in [-0.25, -0.2) is 0 Å². The number of carbonyl (C=O) groups excluding carboxylic acids is 1. The molecule has 1 aliphatic heterocycles. The smallest absolute Gasteiger partial charge is 0.256 e. The Bertz CT molecular complexity index is 505. The lowest BCUT2D eigenvalue weighted by Crippen LogP contribution is -2.34. The van der Waals surface area contributed by atoms with Gasteiger partial charge in [0.05, 0.1) is 11.6 Å². The first-order valence-corrected chi connectivity index (χ1v) is 6.42. The Morgan fingerprint density at radius 2 is 2.26 bits per heavy atom. The van der Waals surface area contributed by atoms with E-state index in [1.807, 2.05) is 6.92 Å². The zero-order chi connectivity index (χ0) is 13.7. The van der Waals surface area contributed by atoms with Crippen molar-refractivity contribution in [2.75, 3.05) is 13.2 Å². The van der Waals surface area contributed by atoms with Gasteiger partial charge in [-0.15, -0.1) is 6.42 Å². The summed E-state index contributed by atoms with van der Waals surface area (Å²) in [5, 5.41) is 2.82. The first-order valence-electron chi connectivity index (χ1n) is 6.42. The maximum Gasteiger partial charge on any atom is 0.256 e. The molecule has 2 rings (SSSR count). The lowest BCUT2D eigenvalue weighted by molar-refractivity contribution is 0.0933. The molecule has 0 saturated carbocycles. The molecule has 0 saturated heterocycles. The van der Waals surface area contributed by atoms with Crippen LogP contribution in [-0.4, -0.2) is 25.2 Å². The van der Waals surface area contributed by atoms with Crippen LogP contribution in [0.1, 0.15) is 30.1 Å². The summed E-state index contributed by atoms with van der Waals surface area (Å²) in [6.07, 6.45) is 7.08.